The van der Waals surface area contributed by atoms with Gasteiger partial charge in [0.15, 0.2) is 0 Å². The van der Waals surface area contributed by atoms with Crippen molar-refractivity contribution in [2.24, 2.45) is 0 Å². The fourth-order valence-electron chi connectivity index (χ4n) is 0.827. The standard InChI is InChI=1S/C9H12N/c1-3-10-9-6-4-8(2)5-7-9/h4-7,10H,2-3H2,1H3. The molecule has 0 heterocycles. The van der Waals surface area contributed by atoms with Crippen LogP contribution in [0.3, 0.4) is 0 Å². The fourth-order valence-corrected chi connectivity index (χ4v) is 0.827. The molecule has 0 bridgehead atoms. The highest BCUT2D eigenvalue weighted by Crippen LogP contribution is 2.07. The van der Waals surface area contributed by atoms with Crippen molar-refractivity contribution in [1.82, 2.24) is 0 Å². The van der Waals surface area contributed by atoms with E-state index in [-0.39, 0.29) is 0 Å². The Kier molecular flexibility index (Phi) is 2.32. The van der Waals surface area contributed by atoms with E-state index in [4.69, 9.17) is 0 Å². The number of anilines is 1. The van der Waals surface area contributed by atoms with E-state index in [9.17, 15) is 0 Å². The largest absolute Gasteiger partial charge is 0.385 e. The normalized spacial score (nSPS) is 9.40. The third-order valence-electron chi connectivity index (χ3n) is 1.33. The van der Waals surface area contributed by atoms with Gasteiger partial charge in [-0.3, -0.25) is 0 Å². The van der Waals surface area contributed by atoms with E-state index < -0.39 is 0 Å². The predicted octanol–water partition coefficient (Wildman–Crippen LogP) is 2.30. The first-order chi connectivity index (χ1) is 4.83. The van der Waals surface area contributed by atoms with Crippen LogP contribution in [-0.4, -0.2) is 6.54 Å². The summed E-state index contributed by atoms with van der Waals surface area (Å²) >= 11 is 0. The third kappa shape index (κ3) is 1.76. The van der Waals surface area contributed by atoms with Crippen molar-refractivity contribution in [1.29, 1.82) is 0 Å². The van der Waals surface area contributed by atoms with Gasteiger partial charge in [-0.05, 0) is 31.5 Å². The Morgan fingerprint density at radius 2 is 1.90 bits per heavy atom. The van der Waals surface area contributed by atoms with E-state index in [1.165, 1.54) is 0 Å². The van der Waals surface area contributed by atoms with Gasteiger partial charge in [0.2, 0.25) is 0 Å². The van der Waals surface area contributed by atoms with Crippen LogP contribution in [0.15, 0.2) is 24.3 Å². The van der Waals surface area contributed by atoms with E-state index >= 15 is 0 Å². The van der Waals surface area contributed by atoms with Crippen LogP contribution in [0.5, 0.6) is 0 Å². The maximum absolute atomic E-state index is 3.79. The van der Waals surface area contributed by atoms with E-state index in [2.05, 4.69) is 19.2 Å². The SMILES string of the molecule is [CH2]c1ccc(NCC)cc1. The second-order valence-corrected chi connectivity index (χ2v) is 2.23. The van der Waals surface area contributed by atoms with Crippen molar-refractivity contribution >= 4 is 5.69 Å². The number of hydrogen-bond donors (Lipinski definition) is 1. The van der Waals surface area contributed by atoms with Crippen LogP contribution in [0.1, 0.15) is 12.5 Å². The van der Waals surface area contributed by atoms with Gasteiger partial charge in [-0.1, -0.05) is 12.1 Å². The smallest absolute Gasteiger partial charge is 0.0340 e. The number of hydrogen-bond acceptors (Lipinski definition) is 1. The first-order valence-corrected chi connectivity index (χ1v) is 3.49. The molecule has 53 valence electrons. The molecule has 0 unspecified atom stereocenters. The van der Waals surface area contributed by atoms with Crippen molar-refractivity contribution < 1.29 is 0 Å². The molecule has 1 aromatic rings. The Balaban J connectivity index is 2.69. The summed E-state index contributed by atoms with van der Waals surface area (Å²) < 4.78 is 0. The first kappa shape index (κ1) is 7.13. The lowest BCUT2D eigenvalue weighted by atomic mass is 10.2. The number of nitrogens with one attached hydrogen (secondary N) is 1. The summed E-state index contributed by atoms with van der Waals surface area (Å²) in [5, 5.41) is 3.21. The second kappa shape index (κ2) is 3.25. The molecule has 1 N–H and O–H groups in total. The Labute approximate surface area is 62.1 Å². The van der Waals surface area contributed by atoms with Crippen LogP contribution in [0.4, 0.5) is 5.69 Å². The Morgan fingerprint density at radius 1 is 1.30 bits per heavy atom. The van der Waals surface area contributed by atoms with Gasteiger partial charge in [0.1, 0.15) is 0 Å². The van der Waals surface area contributed by atoms with E-state index in [1.54, 1.807) is 0 Å². The molecule has 0 saturated carbocycles. The Morgan fingerprint density at radius 3 is 2.40 bits per heavy atom. The van der Waals surface area contributed by atoms with Gasteiger partial charge >= 0.3 is 0 Å². The highest BCUT2D eigenvalue weighted by Gasteiger charge is 1.86. The lowest BCUT2D eigenvalue weighted by Crippen LogP contribution is -1.95. The average Bonchev–Trinajstić information content (AvgIpc) is 1.95. The number of benzene rings is 1. The molecule has 1 heteroatoms. The van der Waals surface area contributed by atoms with Crippen LogP contribution < -0.4 is 5.32 Å². The maximum atomic E-state index is 3.79. The zero-order valence-electron chi connectivity index (χ0n) is 6.22. The van der Waals surface area contributed by atoms with E-state index in [0.29, 0.717) is 0 Å². The Hall–Kier alpha value is -0.980. The minimum Gasteiger partial charge on any atom is -0.385 e. The van der Waals surface area contributed by atoms with Gasteiger partial charge in [-0.2, -0.15) is 0 Å². The third-order valence-corrected chi connectivity index (χ3v) is 1.33. The van der Waals surface area contributed by atoms with Crippen molar-refractivity contribution in [2.75, 3.05) is 11.9 Å². The summed E-state index contributed by atoms with van der Waals surface area (Å²) in [6.45, 7) is 6.84. The number of rotatable bonds is 2. The van der Waals surface area contributed by atoms with Crippen molar-refractivity contribution in [3.8, 4) is 0 Å². The first-order valence-electron chi connectivity index (χ1n) is 3.49. The summed E-state index contributed by atoms with van der Waals surface area (Å²) in [5.74, 6) is 0. The highest BCUT2D eigenvalue weighted by molar-refractivity contribution is 5.44. The van der Waals surface area contributed by atoms with Crippen molar-refractivity contribution in [3.63, 3.8) is 0 Å². The molecule has 0 aliphatic heterocycles. The maximum Gasteiger partial charge on any atom is 0.0340 e. The van der Waals surface area contributed by atoms with Gasteiger partial charge in [0.25, 0.3) is 0 Å². The minimum atomic E-state index is 0.969. The molecule has 10 heavy (non-hydrogen) atoms. The van der Waals surface area contributed by atoms with Crippen LogP contribution in [-0.2, 0) is 0 Å². The van der Waals surface area contributed by atoms with Gasteiger partial charge < -0.3 is 5.32 Å². The quantitative estimate of drug-likeness (QED) is 0.654. The van der Waals surface area contributed by atoms with Crippen LogP contribution in [0.2, 0.25) is 0 Å². The molecule has 0 fully saturated rings. The molecule has 1 aromatic carbocycles. The monoisotopic (exact) mass is 134 g/mol. The topological polar surface area (TPSA) is 12.0 Å². The molecule has 1 rings (SSSR count). The molecule has 1 radical (unpaired) electrons. The summed E-state index contributed by atoms with van der Waals surface area (Å²) in [6.07, 6.45) is 0. The molecular weight excluding hydrogens is 122 g/mol. The van der Waals surface area contributed by atoms with Gasteiger partial charge in [0.05, 0.1) is 0 Å². The highest BCUT2D eigenvalue weighted by atomic mass is 14.8. The molecule has 0 atom stereocenters. The van der Waals surface area contributed by atoms with Crippen LogP contribution in [0.25, 0.3) is 0 Å². The van der Waals surface area contributed by atoms with E-state index in [0.717, 1.165) is 17.8 Å². The average molecular weight is 134 g/mol. The van der Waals surface area contributed by atoms with E-state index in [1.807, 2.05) is 24.3 Å². The summed E-state index contributed by atoms with van der Waals surface area (Å²) in [4.78, 5) is 0. The van der Waals surface area contributed by atoms with Gasteiger partial charge in [-0.25, -0.2) is 0 Å². The fraction of sp³-hybridized carbons (Fsp3) is 0.222. The molecule has 0 aliphatic rings. The Bertz CT molecular complexity index is 188. The van der Waals surface area contributed by atoms with Crippen molar-refractivity contribution in [2.45, 2.75) is 6.92 Å². The minimum absolute atomic E-state index is 0.969. The molecule has 0 aliphatic carbocycles. The molecule has 0 saturated heterocycles. The lowest BCUT2D eigenvalue weighted by Gasteiger charge is -2.01. The molecule has 0 aromatic heterocycles. The van der Waals surface area contributed by atoms with Crippen LogP contribution >= 0.6 is 0 Å². The summed E-state index contributed by atoms with van der Waals surface area (Å²) in [7, 11) is 0. The zero-order valence-corrected chi connectivity index (χ0v) is 6.22. The molecule has 1 nitrogen and oxygen atoms in total. The molecular formula is C9H12N. The van der Waals surface area contributed by atoms with Gasteiger partial charge in [0, 0.05) is 12.2 Å². The summed E-state index contributed by atoms with van der Waals surface area (Å²) in [5.41, 5.74) is 2.22. The van der Waals surface area contributed by atoms with Crippen LogP contribution in [0, 0.1) is 6.92 Å². The van der Waals surface area contributed by atoms with Crippen molar-refractivity contribution in [3.05, 3.63) is 36.8 Å². The lowest BCUT2D eigenvalue weighted by molar-refractivity contribution is 1.21. The summed E-state index contributed by atoms with van der Waals surface area (Å²) in [6, 6.07) is 8.06. The zero-order chi connectivity index (χ0) is 7.40. The molecule has 0 spiro atoms. The van der Waals surface area contributed by atoms with Gasteiger partial charge in [-0.15, -0.1) is 0 Å². The second-order valence-electron chi connectivity index (χ2n) is 2.23. The molecule has 0 amide bonds. The predicted molar refractivity (Wildman–Crippen MR) is 45.1 cm³/mol.